The Kier molecular flexibility index (Phi) is 5.07. The third-order valence-corrected chi connectivity index (χ3v) is 5.95. The molecule has 0 spiro atoms. The zero-order valence-corrected chi connectivity index (χ0v) is 18.0. The molecule has 0 atom stereocenters. The molecule has 31 heavy (non-hydrogen) atoms. The van der Waals surface area contributed by atoms with Crippen LogP contribution in [0.25, 0.3) is 11.0 Å². The van der Waals surface area contributed by atoms with Crippen molar-refractivity contribution < 1.29 is 9.18 Å². The summed E-state index contributed by atoms with van der Waals surface area (Å²) in [4.78, 5) is 22.3. The fourth-order valence-electron chi connectivity index (χ4n) is 4.01. The molecule has 5 rings (SSSR count). The van der Waals surface area contributed by atoms with Gasteiger partial charge in [0.05, 0.1) is 5.69 Å². The second-order valence-corrected chi connectivity index (χ2v) is 8.30. The Bertz CT molecular complexity index is 1290. The van der Waals surface area contributed by atoms with Crippen LogP contribution in [-0.4, -0.2) is 22.5 Å². The number of urea groups is 1. The summed E-state index contributed by atoms with van der Waals surface area (Å²) in [5.74, 6) is -0.490. The van der Waals surface area contributed by atoms with E-state index >= 15 is 0 Å². The number of nitrogens with zero attached hydrogens (tertiary/aromatic N) is 2. The average Bonchev–Trinajstić information content (AvgIpc) is 3.39. The van der Waals surface area contributed by atoms with E-state index in [9.17, 15) is 9.18 Å². The number of H-pyrrole nitrogens is 1. The highest BCUT2D eigenvalue weighted by Gasteiger charge is 2.23. The van der Waals surface area contributed by atoms with E-state index in [1.54, 1.807) is 6.07 Å². The number of fused-ring (bicyclic) bond motifs is 2. The number of carbonyl (C=O) groups excluding carboxylic acids is 1. The first-order valence-electron chi connectivity index (χ1n) is 9.89. The van der Waals surface area contributed by atoms with Gasteiger partial charge in [-0.1, -0.05) is 22.0 Å². The third kappa shape index (κ3) is 3.86. The molecule has 8 heteroatoms. The molecule has 2 amide bonds. The predicted molar refractivity (Wildman–Crippen MR) is 124 cm³/mol. The Hall–Kier alpha value is -3.39. The Morgan fingerprint density at radius 2 is 2.03 bits per heavy atom. The number of hydrogen-bond donors (Lipinski definition) is 3. The van der Waals surface area contributed by atoms with Gasteiger partial charge >= 0.3 is 6.03 Å². The fraction of sp³-hybridized carbons (Fsp3) is 0.130. The van der Waals surface area contributed by atoms with Crippen LogP contribution in [0.2, 0.25) is 0 Å². The minimum atomic E-state index is -0.490. The molecule has 0 saturated carbocycles. The van der Waals surface area contributed by atoms with E-state index in [0.29, 0.717) is 4.47 Å². The number of anilines is 3. The first kappa shape index (κ1) is 19.6. The van der Waals surface area contributed by atoms with Gasteiger partial charge in [0.15, 0.2) is 0 Å². The molecule has 4 aromatic rings. The van der Waals surface area contributed by atoms with Crippen LogP contribution in [0, 0.1) is 5.82 Å². The van der Waals surface area contributed by atoms with Crippen LogP contribution >= 0.6 is 15.9 Å². The van der Waals surface area contributed by atoms with E-state index in [1.165, 1.54) is 17.7 Å². The highest BCUT2D eigenvalue weighted by Crippen LogP contribution is 2.35. The van der Waals surface area contributed by atoms with Crippen molar-refractivity contribution >= 4 is 50.1 Å². The van der Waals surface area contributed by atoms with Crippen LogP contribution in [0.1, 0.15) is 11.1 Å². The number of amides is 2. The summed E-state index contributed by atoms with van der Waals surface area (Å²) in [6.07, 6.45) is 4.53. The van der Waals surface area contributed by atoms with Crippen molar-refractivity contribution in [3.8, 4) is 0 Å². The molecule has 0 unspecified atom stereocenters. The van der Waals surface area contributed by atoms with Crippen LogP contribution in [0.15, 0.2) is 65.4 Å². The van der Waals surface area contributed by atoms with Crippen molar-refractivity contribution in [2.75, 3.05) is 22.1 Å². The Balaban J connectivity index is 1.35. The lowest BCUT2D eigenvalue weighted by Crippen LogP contribution is -2.21. The lowest BCUT2D eigenvalue weighted by molar-refractivity contribution is 0.262. The second kappa shape index (κ2) is 8.03. The SMILES string of the molecule is O=C(Nc1cc(Br)ccc1F)Nc1cccc2c1CCN2Cc1ccnc2[nH]ccc12. The normalized spacial score (nSPS) is 12.8. The number of benzene rings is 2. The van der Waals surface area contributed by atoms with Crippen LogP contribution in [0.5, 0.6) is 0 Å². The van der Waals surface area contributed by atoms with Gasteiger partial charge in [-0.15, -0.1) is 0 Å². The monoisotopic (exact) mass is 479 g/mol. The zero-order chi connectivity index (χ0) is 21.4. The van der Waals surface area contributed by atoms with Crippen LogP contribution < -0.4 is 15.5 Å². The van der Waals surface area contributed by atoms with Gasteiger partial charge in [0.2, 0.25) is 0 Å². The smallest absolute Gasteiger partial charge is 0.323 e. The van der Waals surface area contributed by atoms with Gasteiger partial charge in [-0.2, -0.15) is 0 Å². The molecule has 2 aromatic heterocycles. The average molecular weight is 480 g/mol. The number of rotatable bonds is 4. The van der Waals surface area contributed by atoms with Crippen molar-refractivity contribution in [2.45, 2.75) is 13.0 Å². The minimum absolute atomic E-state index is 0.120. The lowest BCUT2D eigenvalue weighted by atomic mass is 10.1. The molecular formula is C23H19BrFN5O. The quantitative estimate of drug-likeness (QED) is 0.353. The number of aromatic nitrogens is 2. The Labute approximate surface area is 186 Å². The van der Waals surface area contributed by atoms with E-state index in [0.717, 1.165) is 47.5 Å². The number of halogens is 2. The highest BCUT2D eigenvalue weighted by atomic mass is 79.9. The summed E-state index contributed by atoms with van der Waals surface area (Å²) in [6.45, 7) is 1.60. The molecule has 0 bridgehead atoms. The Morgan fingerprint density at radius 3 is 2.94 bits per heavy atom. The fourth-order valence-corrected chi connectivity index (χ4v) is 4.37. The summed E-state index contributed by atoms with van der Waals surface area (Å²) >= 11 is 3.29. The van der Waals surface area contributed by atoms with Gasteiger partial charge in [-0.3, -0.25) is 0 Å². The van der Waals surface area contributed by atoms with Crippen molar-refractivity contribution in [3.05, 3.63) is 82.3 Å². The van der Waals surface area contributed by atoms with E-state index in [2.05, 4.69) is 47.5 Å². The summed E-state index contributed by atoms with van der Waals surface area (Å²) < 4.78 is 14.6. The number of aromatic amines is 1. The molecule has 0 fully saturated rings. The highest BCUT2D eigenvalue weighted by molar-refractivity contribution is 9.10. The third-order valence-electron chi connectivity index (χ3n) is 5.46. The van der Waals surface area contributed by atoms with E-state index in [4.69, 9.17) is 0 Å². The Morgan fingerprint density at radius 1 is 1.16 bits per heavy atom. The zero-order valence-electron chi connectivity index (χ0n) is 16.5. The summed E-state index contributed by atoms with van der Waals surface area (Å²) in [6, 6.07) is 13.9. The minimum Gasteiger partial charge on any atom is -0.367 e. The maximum atomic E-state index is 14.0. The molecule has 156 valence electrons. The standard InChI is InChI=1S/C23H19BrFN5O/c24-15-4-5-18(25)20(12-15)29-23(31)28-19-2-1-3-21-17(19)8-11-30(21)13-14-6-9-26-22-16(14)7-10-27-22/h1-7,9-10,12H,8,11,13H2,(H,26,27)(H2,28,29,31). The number of nitrogens with one attached hydrogen (secondary N) is 3. The maximum absolute atomic E-state index is 14.0. The van der Waals surface area contributed by atoms with Crippen LogP contribution in [-0.2, 0) is 13.0 Å². The van der Waals surface area contributed by atoms with Crippen LogP contribution in [0.3, 0.4) is 0 Å². The molecule has 6 nitrogen and oxygen atoms in total. The summed E-state index contributed by atoms with van der Waals surface area (Å²) in [5, 5.41) is 6.57. The van der Waals surface area contributed by atoms with Gasteiger partial charge in [0.1, 0.15) is 11.5 Å². The van der Waals surface area contributed by atoms with Gasteiger partial charge in [0, 0.05) is 52.3 Å². The largest absolute Gasteiger partial charge is 0.367 e. The van der Waals surface area contributed by atoms with Crippen LogP contribution in [0.4, 0.5) is 26.2 Å². The van der Waals surface area contributed by atoms with Gasteiger partial charge < -0.3 is 20.5 Å². The maximum Gasteiger partial charge on any atom is 0.323 e. The lowest BCUT2D eigenvalue weighted by Gasteiger charge is -2.20. The molecule has 0 radical (unpaired) electrons. The first-order chi connectivity index (χ1) is 15.1. The van der Waals surface area contributed by atoms with Crippen molar-refractivity contribution in [2.24, 2.45) is 0 Å². The summed E-state index contributed by atoms with van der Waals surface area (Å²) in [7, 11) is 0. The summed E-state index contributed by atoms with van der Waals surface area (Å²) in [5.41, 5.74) is 5.09. The van der Waals surface area contributed by atoms with E-state index in [-0.39, 0.29) is 5.69 Å². The molecule has 3 N–H and O–H groups in total. The first-order valence-corrected chi connectivity index (χ1v) is 10.7. The molecule has 2 aromatic carbocycles. The molecule has 3 heterocycles. The van der Waals surface area contributed by atoms with E-state index < -0.39 is 11.8 Å². The molecule has 0 aliphatic carbocycles. The van der Waals surface area contributed by atoms with Crippen molar-refractivity contribution in [3.63, 3.8) is 0 Å². The molecule has 0 saturated heterocycles. The predicted octanol–water partition coefficient (Wildman–Crippen LogP) is 5.67. The molecular weight excluding hydrogens is 461 g/mol. The number of hydrogen-bond acceptors (Lipinski definition) is 3. The van der Waals surface area contributed by atoms with Gasteiger partial charge in [-0.05, 0) is 54.4 Å². The number of pyridine rings is 1. The van der Waals surface area contributed by atoms with Gasteiger partial charge in [-0.25, -0.2) is 14.2 Å². The van der Waals surface area contributed by atoms with Crippen molar-refractivity contribution in [1.82, 2.24) is 9.97 Å². The van der Waals surface area contributed by atoms with E-state index in [1.807, 2.05) is 36.7 Å². The molecule has 1 aliphatic rings. The topological polar surface area (TPSA) is 73.1 Å². The number of carbonyl (C=O) groups is 1. The second-order valence-electron chi connectivity index (χ2n) is 7.39. The molecule has 1 aliphatic heterocycles. The van der Waals surface area contributed by atoms with Gasteiger partial charge in [0.25, 0.3) is 0 Å². The van der Waals surface area contributed by atoms with Crippen molar-refractivity contribution in [1.29, 1.82) is 0 Å².